The second-order valence-electron chi connectivity index (χ2n) is 5.10. The van der Waals surface area contributed by atoms with E-state index in [4.69, 9.17) is 11.6 Å². The third kappa shape index (κ3) is 3.38. The lowest BCUT2D eigenvalue weighted by Gasteiger charge is -2.16. The molecule has 0 aliphatic carbocycles. The maximum atomic E-state index is 13.2. The van der Waals surface area contributed by atoms with Crippen LogP contribution in [-0.2, 0) is 6.42 Å². The Kier molecular flexibility index (Phi) is 4.78. The van der Waals surface area contributed by atoms with Crippen molar-refractivity contribution in [3.05, 3.63) is 52.6 Å². The summed E-state index contributed by atoms with van der Waals surface area (Å²) in [7, 11) is 1.88. The molecule has 0 bridgehead atoms. The molecule has 5 heteroatoms. The van der Waals surface area contributed by atoms with Gasteiger partial charge in [-0.25, -0.2) is 4.39 Å². The van der Waals surface area contributed by atoms with Gasteiger partial charge in [0.2, 0.25) is 0 Å². The predicted octanol–water partition coefficient (Wildman–Crippen LogP) is 3.76. The minimum Gasteiger partial charge on any atom is -0.313 e. The maximum Gasteiger partial charge on any atom is 0.141 e. The van der Waals surface area contributed by atoms with Crippen molar-refractivity contribution in [2.24, 2.45) is 0 Å². The zero-order valence-corrected chi connectivity index (χ0v) is 12.7. The van der Waals surface area contributed by atoms with Crippen molar-refractivity contribution in [2.45, 2.75) is 32.4 Å². The molecule has 2 aromatic rings. The normalized spacial score (nSPS) is 12.9. The summed E-state index contributed by atoms with van der Waals surface area (Å²) in [5.74, 6) is -0.394. The monoisotopic (exact) mass is 295 g/mol. The Morgan fingerprint density at radius 2 is 2.10 bits per heavy atom. The minimum atomic E-state index is -0.394. The van der Waals surface area contributed by atoms with E-state index in [1.54, 1.807) is 12.1 Å². The quantitative estimate of drug-likeness (QED) is 0.910. The summed E-state index contributed by atoms with van der Waals surface area (Å²) >= 11 is 5.84. The predicted molar refractivity (Wildman–Crippen MR) is 79.5 cm³/mol. The van der Waals surface area contributed by atoms with Crippen LogP contribution in [0.4, 0.5) is 4.39 Å². The van der Waals surface area contributed by atoms with E-state index in [-0.39, 0.29) is 11.1 Å². The molecule has 0 fully saturated rings. The van der Waals surface area contributed by atoms with Gasteiger partial charge in [-0.05, 0) is 44.7 Å². The van der Waals surface area contributed by atoms with Gasteiger partial charge in [0.15, 0.2) is 0 Å². The highest BCUT2D eigenvalue weighted by molar-refractivity contribution is 6.30. The van der Waals surface area contributed by atoms with Crippen LogP contribution in [0.2, 0.25) is 5.02 Å². The van der Waals surface area contributed by atoms with Gasteiger partial charge in [0.1, 0.15) is 5.82 Å². The summed E-state index contributed by atoms with van der Waals surface area (Å²) in [6.07, 6.45) is 2.71. The zero-order chi connectivity index (χ0) is 14.7. The third-order valence-electron chi connectivity index (χ3n) is 3.30. The van der Waals surface area contributed by atoms with E-state index in [2.05, 4.69) is 24.3 Å². The van der Waals surface area contributed by atoms with E-state index in [1.165, 1.54) is 6.07 Å². The Hall–Kier alpha value is -1.39. The van der Waals surface area contributed by atoms with Crippen LogP contribution in [0.1, 0.15) is 37.2 Å². The SMILES string of the molecule is CNC(Cc1ccn(C(C)C)n1)c1ccc(F)c(Cl)c1. The Morgan fingerprint density at radius 1 is 1.35 bits per heavy atom. The number of rotatable bonds is 5. The van der Waals surface area contributed by atoms with Gasteiger partial charge in [-0.1, -0.05) is 17.7 Å². The fourth-order valence-electron chi connectivity index (χ4n) is 2.10. The van der Waals surface area contributed by atoms with Crippen LogP contribution >= 0.6 is 11.6 Å². The summed E-state index contributed by atoms with van der Waals surface area (Å²) < 4.78 is 15.1. The fourth-order valence-corrected chi connectivity index (χ4v) is 2.29. The van der Waals surface area contributed by atoms with Crippen LogP contribution in [0, 0.1) is 5.82 Å². The number of hydrogen-bond donors (Lipinski definition) is 1. The van der Waals surface area contributed by atoms with Gasteiger partial charge in [0, 0.05) is 24.7 Å². The Bertz CT molecular complexity index is 580. The van der Waals surface area contributed by atoms with Gasteiger partial charge in [-0.3, -0.25) is 4.68 Å². The lowest BCUT2D eigenvalue weighted by atomic mass is 10.0. The Balaban J connectivity index is 2.17. The second kappa shape index (κ2) is 6.37. The molecule has 0 saturated heterocycles. The van der Waals surface area contributed by atoms with Crippen LogP contribution in [0.15, 0.2) is 30.5 Å². The number of hydrogen-bond acceptors (Lipinski definition) is 2. The number of aromatic nitrogens is 2. The van der Waals surface area contributed by atoms with E-state index in [0.717, 1.165) is 17.7 Å². The van der Waals surface area contributed by atoms with Crippen molar-refractivity contribution in [3.63, 3.8) is 0 Å². The number of halogens is 2. The van der Waals surface area contributed by atoms with Gasteiger partial charge >= 0.3 is 0 Å². The number of likely N-dealkylation sites (N-methyl/N-ethyl adjacent to an activating group) is 1. The van der Waals surface area contributed by atoms with Crippen molar-refractivity contribution in [2.75, 3.05) is 7.05 Å². The smallest absolute Gasteiger partial charge is 0.141 e. The first-order chi connectivity index (χ1) is 9.51. The molecule has 0 amide bonds. The lowest BCUT2D eigenvalue weighted by molar-refractivity contribution is 0.514. The van der Waals surface area contributed by atoms with Crippen molar-refractivity contribution >= 4 is 11.6 Å². The number of nitrogens with zero attached hydrogens (tertiary/aromatic N) is 2. The first kappa shape index (κ1) is 15.0. The maximum absolute atomic E-state index is 13.2. The van der Waals surface area contributed by atoms with Crippen LogP contribution in [-0.4, -0.2) is 16.8 Å². The summed E-state index contributed by atoms with van der Waals surface area (Å²) in [5.41, 5.74) is 1.96. The fraction of sp³-hybridized carbons (Fsp3) is 0.400. The molecule has 0 aliphatic rings. The van der Waals surface area contributed by atoms with E-state index >= 15 is 0 Å². The lowest BCUT2D eigenvalue weighted by Crippen LogP contribution is -2.19. The van der Waals surface area contributed by atoms with Crippen LogP contribution in [0.25, 0.3) is 0 Å². The van der Waals surface area contributed by atoms with Gasteiger partial charge in [-0.2, -0.15) is 5.10 Å². The van der Waals surface area contributed by atoms with Gasteiger partial charge < -0.3 is 5.32 Å². The molecule has 1 atom stereocenters. The van der Waals surface area contributed by atoms with Crippen molar-refractivity contribution < 1.29 is 4.39 Å². The molecule has 0 radical (unpaired) electrons. The van der Waals surface area contributed by atoms with Crippen LogP contribution in [0.5, 0.6) is 0 Å². The Labute approximate surface area is 123 Å². The highest BCUT2D eigenvalue weighted by Gasteiger charge is 2.14. The molecular weight excluding hydrogens is 277 g/mol. The molecule has 0 aliphatic heterocycles. The minimum absolute atomic E-state index is 0.0589. The first-order valence-electron chi connectivity index (χ1n) is 6.67. The molecule has 3 nitrogen and oxygen atoms in total. The summed E-state index contributed by atoms with van der Waals surface area (Å²) in [6.45, 7) is 4.18. The van der Waals surface area contributed by atoms with Crippen LogP contribution in [0.3, 0.4) is 0 Å². The number of benzene rings is 1. The molecule has 1 N–H and O–H groups in total. The summed E-state index contributed by atoms with van der Waals surface area (Å²) in [4.78, 5) is 0. The van der Waals surface area contributed by atoms with Crippen molar-refractivity contribution in [3.8, 4) is 0 Å². The molecule has 2 rings (SSSR count). The van der Waals surface area contributed by atoms with Crippen molar-refractivity contribution in [1.29, 1.82) is 0 Å². The zero-order valence-electron chi connectivity index (χ0n) is 11.9. The molecule has 0 saturated carbocycles. The summed E-state index contributed by atoms with van der Waals surface area (Å²) in [6, 6.07) is 7.23. The standard InChI is InChI=1S/C15H19ClFN3/c1-10(2)20-7-6-12(19-20)9-15(18-3)11-4-5-14(17)13(16)8-11/h4-8,10,15,18H,9H2,1-3H3. The third-order valence-corrected chi connectivity index (χ3v) is 3.59. The second-order valence-corrected chi connectivity index (χ2v) is 5.51. The van der Waals surface area contributed by atoms with E-state index in [9.17, 15) is 4.39 Å². The van der Waals surface area contributed by atoms with Gasteiger partial charge in [0.25, 0.3) is 0 Å². The molecule has 108 valence electrons. The molecule has 1 aromatic heterocycles. The molecule has 1 unspecified atom stereocenters. The molecule has 0 spiro atoms. The largest absolute Gasteiger partial charge is 0.313 e. The van der Waals surface area contributed by atoms with E-state index in [1.807, 2.05) is 24.0 Å². The van der Waals surface area contributed by atoms with Gasteiger partial charge in [0.05, 0.1) is 10.7 Å². The van der Waals surface area contributed by atoms with E-state index in [0.29, 0.717) is 6.04 Å². The molecule has 20 heavy (non-hydrogen) atoms. The van der Waals surface area contributed by atoms with Crippen molar-refractivity contribution in [1.82, 2.24) is 15.1 Å². The average molecular weight is 296 g/mol. The highest BCUT2D eigenvalue weighted by atomic mass is 35.5. The first-order valence-corrected chi connectivity index (χ1v) is 7.05. The van der Waals surface area contributed by atoms with E-state index < -0.39 is 5.82 Å². The Morgan fingerprint density at radius 3 is 2.65 bits per heavy atom. The topological polar surface area (TPSA) is 29.9 Å². The van der Waals surface area contributed by atoms with Crippen LogP contribution < -0.4 is 5.32 Å². The highest BCUT2D eigenvalue weighted by Crippen LogP contribution is 2.23. The molecule has 1 heterocycles. The average Bonchev–Trinajstić information content (AvgIpc) is 2.88. The van der Waals surface area contributed by atoms with Gasteiger partial charge in [-0.15, -0.1) is 0 Å². The summed E-state index contributed by atoms with van der Waals surface area (Å²) in [5, 5.41) is 7.90. The molecule has 1 aromatic carbocycles. The molecular formula is C15H19ClFN3. The number of nitrogens with one attached hydrogen (secondary N) is 1.